The second-order valence-corrected chi connectivity index (χ2v) is 5.98. The molecule has 1 heterocycles. The van der Waals surface area contributed by atoms with Crippen molar-refractivity contribution in [2.75, 3.05) is 24.6 Å². The van der Waals surface area contributed by atoms with E-state index in [1.807, 2.05) is 11.8 Å². The normalized spacial score (nSPS) is 33.4. The Kier molecular flexibility index (Phi) is 3.40. The number of aliphatic hydroxyl groups is 1. The number of hydrogen-bond donors (Lipinski definition) is 1. The van der Waals surface area contributed by atoms with Gasteiger partial charge in [0.15, 0.2) is 0 Å². The summed E-state index contributed by atoms with van der Waals surface area (Å²) in [4.78, 5) is 2.47. The summed E-state index contributed by atoms with van der Waals surface area (Å²) in [5.74, 6) is 2.47. The van der Waals surface area contributed by atoms with Crippen LogP contribution in [0.2, 0.25) is 0 Å². The summed E-state index contributed by atoms with van der Waals surface area (Å²) in [5, 5.41) is 10.3. The van der Waals surface area contributed by atoms with Crippen LogP contribution < -0.4 is 0 Å². The van der Waals surface area contributed by atoms with Gasteiger partial charge in [0.1, 0.15) is 0 Å². The third-order valence-corrected chi connectivity index (χ3v) is 4.73. The van der Waals surface area contributed by atoms with Crippen molar-refractivity contribution in [3.05, 3.63) is 0 Å². The lowest BCUT2D eigenvalue weighted by atomic mass is 10.0. The first kappa shape index (κ1) is 10.8. The van der Waals surface area contributed by atoms with E-state index in [4.69, 9.17) is 0 Å². The van der Waals surface area contributed by atoms with E-state index in [1.165, 1.54) is 24.3 Å². The minimum atomic E-state index is -0.351. The molecule has 1 unspecified atom stereocenters. The van der Waals surface area contributed by atoms with Gasteiger partial charge in [-0.05, 0) is 19.8 Å². The molecule has 0 amide bonds. The van der Waals surface area contributed by atoms with E-state index in [0.717, 1.165) is 25.9 Å². The van der Waals surface area contributed by atoms with Crippen LogP contribution in [-0.4, -0.2) is 46.2 Å². The fourth-order valence-electron chi connectivity index (χ4n) is 2.57. The summed E-state index contributed by atoms with van der Waals surface area (Å²) in [7, 11) is 0. The zero-order chi connectivity index (χ0) is 10.0. The Labute approximate surface area is 91.1 Å². The lowest BCUT2D eigenvalue weighted by Gasteiger charge is -2.38. The molecule has 14 heavy (non-hydrogen) atoms. The Balaban J connectivity index is 1.88. The lowest BCUT2D eigenvalue weighted by molar-refractivity contribution is 0.00222. The van der Waals surface area contributed by atoms with Gasteiger partial charge in [-0.2, -0.15) is 11.8 Å². The van der Waals surface area contributed by atoms with Crippen LogP contribution in [0.1, 0.15) is 32.6 Å². The van der Waals surface area contributed by atoms with Crippen molar-refractivity contribution in [2.24, 2.45) is 0 Å². The van der Waals surface area contributed by atoms with Crippen LogP contribution in [0.5, 0.6) is 0 Å². The molecule has 0 spiro atoms. The summed E-state index contributed by atoms with van der Waals surface area (Å²) in [6, 6.07) is 0.651. The molecule has 1 saturated carbocycles. The second kappa shape index (κ2) is 4.42. The van der Waals surface area contributed by atoms with E-state index in [0.29, 0.717) is 6.04 Å². The van der Waals surface area contributed by atoms with Gasteiger partial charge in [0.05, 0.1) is 5.60 Å². The van der Waals surface area contributed by atoms with E-state index in [2.05, 4.69) is 11.8 Å². The predicted molar refractivity (Wildman–Crippen MR) is 61.8 cm³/mol. The molecule has 1 atom stereocenters. The largest absolute Gasteiger partial charge is 0.389 e. The molecule has 2 fully saturated rings. The Morgan fingerprint density at radius 1 is 1.43 bits per heavy atom. The number of thioether (sulfide) groups is 1. The first-order valence-electron chi connectivity index (χ1n) is 5.74. The van der Waals surface area contributed by atoms with E-state index >= 15 is 0 Å². The van der Waals surface area contributed by atoms with Crippen molar-refractivity contribution in [2.45, 2.75) is 44.2 Å². The van der Waals surface area contributed by atoms with E-state index < -0.39 is 0 Å². The lowest BCUT2D eigenvalue weighted by Crippen LogP contribution is -2.48. The van der Waals surface area contributed by atoms with Crippen molar-refractivity contribution in [3.8, 4) is 0 Å². The molecule has 1 aliphatic heterocycles. The highest BCUT2D eigenvalue weighted by Gasteiger charge is 2.34. The quantitative estimate of drug-likeness (QED) is 0.759. The van der Waals surface area contributed by atoms with Crippen LogP contribution in [0.25, 0.3) is 0 Å². The van der Waals surface area contributed by atoms with Crippen LogP contribution >= 0.6 is 11.8 Å². The predicted octanol–water partition coefficient (Wildman–Crippen LogP) is 1.73. The van der Waals surface area contributed by atoms with Gasteiger partial charge in [-0.3, -0.25) is 4.90 Å². The van der Waals surface area contributed by atoms with Crippen LogP contribution in [0.4, 0.5) is 0 Å². The van der Waals surface area contributed by atoms with Crippen LogP contribution in [-0.2, 0) is 0 Å². The molecule has 0 bridgehead atoms. The van der Waals surface area contributed by atoms with Crippen molar-refractivity contribution in [1.82, 2.24) is 4.90 Å². The standard InChI is InChI=1S/C11H21NOS/c1-10-8-14-7-6-12(10)9-11(13)4-2-3-5-11/h10,13H,2-9H2,1H3. The van der Waals surface area contributed by atoms with Crippen molar-refractivity contribution >= 4 is 11.8 Å². The maximum atomic E-state index is 10.3. The van der Waals surface area contributed by atoms with Gasteiger partial charge < -0.3 is 5.11 Å². The van der Waals surface area contributed by atoms with Gasteiger partial charge in [-0.15, -0.1) is 0 Å². The molecule has 0 radical (unpaired) electrons. The zero-order valence-corrected chi connectivity index (χ0v) is 9.85. The molecular weight excluding hydrogens is 194 g/mol. The molecule has 3 heteroatoms. The summed E-state index contributed by atoms with van der Waals surface area (Å²) >= 11 is 2.04. The monoisotopic (exact) mass is 215 g/mol. The molecule has 2 aliphatic rings. The van der Waals surface area contributed by atoms with Crippen molar-refractivity contribution in [1.29, 1.82) is 0 Å². The highest BCUT2D eigenvalue weighted by atomic mass is 32.2. The molecule has 2 nitrogen and oxygen atoms in total. The van der Waals surface area contributed by atoms with Gasteiger partial charge in [0.2, 0.25) is 0 Å². The molecular formula is C11H21NOS. The smallest absolute Gasteiger partial charge is 0.0774 e. The Morgan fingerprint density at radius 2 is 2.14 bits per heavy atom. The number of nitrogens with zero attached hydrogens (tertiary/aromatic N) is 1. The summed E-state index contributed by atoms with van der Waals surface area (Å²) in [6.07, 6.45) is 4.47. The molecule has 0 aromatic rings. The van der Waals surface area contributed by atoms with Gasteiger partial charge >= 0.3 is 0 Å². The summed E-state index contributed by atoms with van der Waals surface area (Å²) in [6.45, 7) is 4.35. The first-order valence-corrected chi connectivity index (χ1v) is 6.89. The highest BCUT2D eigenvalue weighted by molar-refractivity contribution is 7.99. The van der Waals surface area contributed by atoms with Gasteiger partial charge in [0.25, 0.3) is 0 Å². The fraction of sp³-hybridized carbons (Fsp3) is 1.00. The molecule has 2 rings (SSSR count). The van der Waals surface area contributed by atoms with Crippen LogP contribution in [0.3, 0.4) is 0 Å². The fourth-order valence-corrected chi connectivity index (χ4v) is 3.65. The molecule has 1 saturated heterocycles. The molecule has 0 aromatic carbocycles. The maximum absolute atomic E-state index is 10.3. The number of hydrogen-bond acceptors (Lipinski definition) is 3. The van der Waals surface area contributed by atoms with E-state index in [-0.39, 0.29) is 5.60 Å². The van der Waals surface area contributed by atoms with Crippen molar-refractivity contribution < 1.29 is 5.11 Å². The highest BCUT2D eigenvalue weighted by Crippen LogP contribution is 2.31. The summed E-state index contributed by atoms with van der Waals surface area (Å²) < 4.78 is 0. The summed E-state index contributed by atoms with van der Waals surface area (Å²) in [5.41, 5.74) is -0.351. The van der Waals surface area contributed by atoms with E-state index in [9.17, 15) is 5.11 Å². The van der Waals surface area contributed by atoms with Gasteiger partial charge in [0, 0.05) is 30.6 Å². The maximum Gasteiger partial charge on any atom is 0.0774 e. The minimum Gasteiger partial charge on any atom is -0.389 e. The molecule has 1 aliphatic carbocycles. The third kappa shape index (κ3) is 2.44. The minimum absolute atomic E-state index is 0.351. The SMILES string of the molecule is CC1CSCCN1CC1(O)CCCC1. The topological polar surface area (TPSA) is 23.5 Å². The van der Waals surface area contributed by atoms with E-state index in [1.54, 1.807) is 0 Å². The number of rotatable bonds is 2. The molecule has 82 valence electrons. The second-order valence-electron chi connectivity index (χ2n) is 4.83. The average Bonchev–Trinajstić information content (AvgIpc) is 2.57. The molecule has 1 N–H and O–H groups in total. The Bertz CT molecular complexity index is 192. The Morgan fingerprint density at radius 3 is 2.79 bits per heavy atom. The third-order valence-electron chi connectivity index (χ3n) is 3.54. The average molecular weight is 215 g/mol. The Hall–Kier alpha value is 0.270. The van der Waals surface area contributed by atoms with Crippen molar-refractivity contribution in [3.63, 3.8) is 0 Å². The van der Waals surface area contributed by atoms with Gasteiger partial charge in [-0.1, -0.05) is 12.8 Å². The first-order chi connectivity index (χ1) is 6.70. The van der Waals surface area contributed by atoms with Gasteiger partial charge in [-0.25, -0.2) is 0 Å². The number of β-amino-alcohol motifs (C(OH)–C–C–N with tert-alkyl or cyclic N) is 1. The molecule has 0 aromatic heterocycles. The zero-order valence-electron chi connectivity index (χ0n) is 9.04. The van der Waals surface area contributed by atoms with Crippen LogP contribution in [0.15, 0.2) is 0 Å². The van der Waals surface area contributed by atoms with Crippen LogP contribution in [0, 0.1) is 0 Å².